The predicted octanol–water partition coefficient (Wildman–Crippen LogP) is 1.88. The van der Waals surface area contributed by atoms with Crippen LogP contribution in [0.5, 0.6) is 0 Å². The van der Waals surface area contributed by atoms with Gasteiger partial charge < -0.3 is 9.84 Å². The molecule has 4 heteroatoms. The second-order valence-electron chi connectivity index (χ2n) is 3.11. The van der Waals surface area contributed by atoms with Gasteiger partial charge in [-0.2, -0.15) is 0 Å². The molecule has 0 amide bonds. The van der Waals surface area contributed by atoms with Gasteiger partial charge in [0.1, 0.15) is 6.61 Å². The van der Waals surface area contributed by atoms with E-state index in [-0.39, 0.29) is 6.61 Å². The molecule has 17 heavy (non-hydrogen) atoms. The Hall–Kier alpha value is -2.36. The summed E-state index contributed by atoms with van der Waals surface area (Å²) in [5.74, 6) is -1.85. The summed E-state index contributed by atoms with van der Waals surface area (Å²) in [4.78, 5) is 21.1. The minimum Gasteiger partial charge on any atom is -0.478 e. The third-order valence-electron chi connectivity index (χ3n) is 1.79. The Bertz CT molecular complexity index is 432. The van der Waals surface area contributed by atoms with Crippen molar-refractivity contribution in [3.05, 3.63) is 54.1 Å². The molecule has 0 aliphatic heterocycles. The van der Waals surface area contributed by atoms with E-state index in [9.17, 15) is 9.59 Å². The molecule has 1 aromatic carbocycles. The van der Waals surface area contributed by atoms with Crippen LogP contribution in [-0.4, -0.2) is 23.7 Å². The van der Waals surface area contributed by atoms with E-state index in [2.05, 4.69) is 0 Å². The van der Waals surface area contributed by atoms with Crippen molar-refractivity contribution >= 4 is 18.0 Å². The number of carboxylic acids is 1. The molecule has 0 aromatic heterocycles. The van der Waals surface area contributed by atoms with Gasteiger partial charge in [-0.15, -0.1) is 0 Å². The highest BCUT2D eigenvalue weighted by atomic mass is 16.5. The topological polar surface area (TPSA) is 63.6 Å². The first-order valence-electron chi connectivity index (χ1n) is 4.98. The van der Waals surface area contributed by atoms with Crippen molar-refractivity contribution in [1.82, 2.24) is 0 Å². The highest BCUT2D eigenvalue weighted by Gasteiger charge is 1.95. The van der Waals surface area contributed by atoms with Crippen LogP contribution in [0.2, 0.25) is 0 Å². The summed E-state index contributed by atoms with van der Waals surface area (Å²) in [5.41, 5.74) is 1.00. The molecule has 1 aromatic rings. The van der Waals surface area contributed by atoms with Gasteiger partial charge >= 0.3 is 11.9 Å². The maximum absolute atomic E-state index is 11.0. The Balaban J connectivity index is 2.31. The van der Waals surface area contributed by atoms with Gasteiger partial charge in [-0.05, 0) is 11.6 Å². The molecule has 0 saturated heterocycles. The van der Waals surface area contributed by atoms with Gasteiger partial charge in [0, 0.05) is 12.2 Å². The quantitative estimate of drug-likeness (QED) is 0.622. The standard InChI is InChI=1S/C13H12O4/c14-12(15)8-9-13(16)17-10-4-7-11-5-2-1-3-6-11/h1-9H,10H2,(H,14,15)/b7-4?,9-8-. The summed E-state index contributed by atoms with van der Waals surface area (Å²) in [5, 5.41) is 8.27. The van der Waals surface area contributed by atoms with Crippen LogP contribution < -0.4 is 0 Å². The number of hydrogen-bond acceptors (Lipinski definition) is 3. The Labute approximate surface area is 98.8 Å². The fourth-order valence-electron chi connectivity index (χ4n) is 1.07. The number of carbonyl (C=O) groups is 2. The van der Waals surface area contributed by atoms with Gasteiger partial charge in [0.15, 0.2) is 0 Å². The Morgan fingerprint density at radius 3 is 2.53 bits per heavy atom. The average molecular weight is 232 g/mol. The maximum atomic E-state index is 11.0. The minimum absolute atomic E-state index is 0.109. The average Bonchev–Trinajstić information content (AvgIpc) is 2.33. The van der Waals surface area contributed by atoms with Crippen LogP contribution in [0.4, 0.5) is 0 Å². The van der Waals surface area contributed by atoms with Crippen LogP contribution in [0.1, 0.15) is 5.56 Å². The van der Waals surface area contributed by atoms with Crippen LogP contribution >= 0.6 is 0 Å². The molecule has 0 saturated carbocycles. The molecule has 88 valence electrons. The summed E-state index contributed by atoms with van der Waals surface area (Å²) < 4.78 is 4.74. The zero-order chi connectivity index (χ0) is 12.5. The van der Waals surface area contributed by atoms with Gasteiger partial charge in [0.05, 0.1) is 0 Å². The van der Waals surface area contributed by atoms with Gasteiger partial charge in [0.25, 0.3) is 0 Å². The molecule has 1 rings (SSSR count). The molecular weight excluding hydrogens is 220 g/mol. The fraction of sp³-hybridized carbons (Fsp3) is 0.0769. The molecule has 0 bridgehead atoms. The number of aliphatic carboxylic acids is 1. The highest BCUT2D eigenvalue weighted by Crippen LogP contribution is 2.00. The Morgan fingerprint density at radius 1 is 1.18 bits per heavy atom. The lowest BCUT2D eigenvalue weighted by molar-refractivity contribution is -0.137. The van der Waals surface area contributed by atoms with E-state index in [0.29, 0.717) is 0 Å². The van der Waals surface area contributed by atoms with E-state index in [1.165, 1.54) is 0 Å². The number of esters is 1. The first-order valence-corrected chi connectivity index (χ1v) is 4.98. The first kappa shape index (κ1) is 12.7. The van der Waals surface area contributed by atoms with Gasteiger partial charge in [-0.1, -0.05) is 36.4 Å². The van der Waals surface area contributed by atoms with Crippen LogP contribution in [0.15, 0.2) is 48.6 Å². The molecule has 0 radical (unpaired) electrons. The van der Waals surface area contributed by atoms with E-state index in [1.54, 1.807) is 6.08 Å². The number of carbonyl (C=O) groups excluding carboxylic acids is 1. The molecule has 0 aliphatic carbocycles. The van der Waals surface area contributed by atoms with Gasteiger partial charge in [-0.25, -0.2) is 9.59 Å². The fourth-order valence-corrected chi connectivity index (χ4v) is 1.07. The predicted molar refractivity (Wildman–Crippen MR) is 63.2 cm³/mol. The van der Waals surface area contributed by atoms with Crippen LogP contribution in [0, 0.1) is 0 Å². The van der Waals surface area contributed by atoms with Crippen molar-refractivity contribution in [2.24, 2.45) is 0 Å². The second kappa shape index (κ2) is 7.00. The zero-order valence-corrected chi connectivity index (χ0v) is 9.08. The number of hydrogen-bond donors (Lipinski definition) is 1. The SMILES string of the molecule is O=C(O)/C=C\C(=O)OCC=Cc1ccccc1. The third-order valence-corrected chi connectivity index (χ3v) is 1.79. The number of ether oxygens (including phenoxy) is 1. The Kier molecular flexibility index (Phi) is 5.24. The Morgan fingerprint density at radius 2 is 1.88 bits per heavy atom. The summed E-state index contributed by atoms with van der Waals surface area (Å²) in [6.07, 6.45) is 5.11. The molecule has 0 aliphatic rings. The lowest BCUT2D eigenvalue weighted by atomic mass is 10.2. The summed E-state index contributed by atoms with van der Waals surface area (Å²) in [7, 11) is 0. The van der Waals surface area contributed by atoms with Crippen LogP contribution in [0.3, 0.4) is 0 Å². The van der Waals surface area contributed by atoms with Crippen molar-refractivity contribution in [1.29, 1.82) is 0 Å². The molecule has 1 N–H and O–H groups in total. The van der Waals surface area contributed by atoms with Crippen molar-refractivity contribution in [2.75, 3.05) is 6.61 Å². The number of carboxylic acid groups (broad SMARTS) is 1. The summed E-state index contributed by atoms with van der Waals surface area (Å²) in [6.45, 7) is 0.109. The smallest absolute Gasteiger partial charge is 0.331 e. The zero-order valence-electron chi connectivity index (χ0n) is 9.08. The lowest BCUT2D eigenvalue weighted by Crippen LogP contribution is -2.01. The van der Waals surface area contributed by atoms with E-state index in [0.717, 1.165) is 17.7 Å². The van der Waals surface area contributed by atoms with Gasteiger partial charge in [-0.3, -0.25) is 0 Å². The number of rotatable bonds is 5. The van der Waals surface area contributed by atoms with Crippen molar-refractivity contribution in [2.45, 2.75) is 0 Å². The van der Waals surface area contributed by atoms with Crippen LogP contribution in [-0.2, 0) is 14.3 Å². The maximum Gasteiger partial charge on any atom is 0.331 e. The van der Waals surface area contributed by atoms with E-state index in [4.69, 9.17) is 9.84 Å². The summed E-state index contributed by atoms with van der Waals surface area (Å²) in [6, 6.07) is 9.56. The van der Waals surface area contributed by atoms with Crippen LogP contribution in [0.25, 0.3) is 6.08 Å². The van der Waals surface area contributed by atoms with Crippen molar-refractivity contribution < 1.29 is 19.4 Å². The third kappa shape index (κ3) is 5.94. The van der Waals surface area contributed by atoms with Crippen molar-refractivity contribution in [3.8, 4) is 0 Å². The molecular formula is C13H12O4. The molecule has 0 unspecified atom stereocenters. The lowest BCUT2D eigenvalue weighted by Gasteiger charge is -1.96. The first-order chi connectivity index (χ1) is 8.18. The molecule has 4 nitrogen and oxygen atoms in total. The highest BCUT2D eigenvalue weighted by molar-refractivity contribution is 5.90. The second-order valence-corrected chi connectivity index (χ2v) is 3.11. The monoisotopic (exact) mass is 232 g/mol. The molecule has 0 atom stereocenters. The minimum atomic E-state index is -1.18. The largest absolute Gasteiger partial charge is 0.478 e. The number of benzene rings is 1. The molecule has 0 spiro atoms. The molecule has 0 fully saturated rings. The van der Waals surface area contributed by atoms with E-state index >= 15 is 0 Å². The molecule has 0 heterocycles. The normalized spacial score (nSPS) is 10.8. The van der Waals surface area contributed by atoms with E-state index < -0.39 is 11.9 Å². The van der Waals surface area contributed by atoms with Crippen molar-refractivity contribution in [3.63, 3.8) is 0 Å². The van der Waals surface area contributed by atoms with E-state index in [1.807, 2.05) is 36.4 Å². The van der Waals surface area contributed by atoms with Gasteiger partial charge in [0.2, 0.25) is 0 Å². The summed E-state index contributed by atoms with van der Waals surface area (Å²) >= 11 is 0.